The van der Waals surface area contributed by atoms with Crippen molar-refractivity contribution in [2.45, 2.75) is 19.8 Å². The molecule has 0 heteroatoms. The zero-order valence-electron chi connectivity index (χ0n) is 10.9. The van der Waals surface area contributed by atoms with Gasteiger partial charge in [-0.2, -0.15) is 0 Å². The highest BCUT2D eigenvalue weighted by molar-refractivity contribution is 5.81. The predicted molar refractivity (Wildman–Crippen MR) is 78.4 cm³/mol. The Bertz CT molecular complexity index is 586. The summed E-state index contributed by atoms with van der Waals surface area (Å²) in [7, 11) is 0. The fourth-order valence-corrected chi connectivity index (χ4v) is 2.46. The fourth-order valence-electron chi connectivity index (χ4n) is 2.46. The molecule has 0 saturated carbocycles. The van der Waals surface area contributed by atoms with E-state index in [9.17, 15) is 0 Å². The van der Waals surface area contributed by atoms with Crippen LogP contribution in [0.5, 0.6) is 0 Å². The minimum absolute atomic E-state index is 0.591. The fraction of sp³-hybridized carbons (Fsp3) is 0.167. The third-order valence-corrected chi connectivity index (χ3v) is 3.57. The van der Waals surface area contributed by atoms with E-state index in [1.54, 1.807) is 0 Å². The molecule has 1 aliphatic carbocycles. The van der Waals surface area contributed by atoms with E-state index in [-0.39, 0.29) is 0 Å². The van der Waals surface area contributed by atoms with Gasteiger partial charge in [-0.15, -0.1) is 0 Å². The third-order valence-electron chi connectivity index (χ3n) is 3.57. The van der Waals surface area contributed by atoms with Crippen molar-refractivity contribution in [2.75, 3.05) is 0 Å². The number of fused-ring (bicyclic) bond motifs is 1. The first kappa shape index (κ1) is 11.3. The van der Waals surface area contributed by atoms with Crippen LogP contribution in [0.25, 0.3) is 17.2 Å². The van der Waals surface area contributed by atoms with Gasteiger partial charge in [-0.25, -0.2) is 0 Å². The van der Waals surface area contributed by atoms with Crippen LogP contribution in [0.4, 0.5) is 0 Å². The monoisotopic (exact) mass is 233 g/mol. The Morgan fingerprint density at radius 3 is 2.39 bits per heavy atom. The van der Waals surface area contributed by atoms with Crippen molar-refractivity contribution in [1.29, 1.82) is 0 Å². The van der Waals surface area contributed by atoms with Gasteiger partial charge in [0, 0.05) is 6.42 Å². The minimum atomic E-state index is 0.591. The van der Waals surface area contributed by atoms with Gasteiger partial charge < -0.3 is 0 Å². The van der Waals surface area contributed by atoms with Crippen LogP contribution in [0, 0.1) is 6.42 Å². The van der Waals surface area contributed by atoms with Crippen LogP contribution < -0.4 is 0 Å². The number of hydrogen-bond donors (Lipinski definition) is 0. The molecule has 2 aromatic carbocycles. The van der Waals surface area contributed by atoms with Gasteiger partial charge >= 0.3 is 0 Å². The van der Waals surface area contributed by atoms with E-state index in [0.717, 1.165) is 0 Å². The predicted octanol–water partition coefficient (Wildman–Crippen LogP) is 5.06. The zero-order chi connectivity index (χ0) is 12.5. The summed E-state index contributed by atoms with van der Waals surface area (Å²) < 4.78 is 0. The SMILES string of the molecule is CC(C)c1ccc(-c2cccc3c2C=C[CH]3)cc1. The normalized spacial score (nSPS) is 13.1. The molecule has 0 bridgehead atoms. The van der Waals surface area contributed by atoms with E-state index in [0.29, 0.717) is 5.92 Å². The summed E-state index contributed by atoms with van der Waals surface area (Å²) in [6.07, 6.45) is 6.49. The molecule has 0 amide bonds. The molecule has 0 atom stereocenters. The summed E-state index contributed by atoms with van der Waals surface area (Å²) >= 11 is 0. The number of allylic oxidation sites excluding steroid dienone is 1. The van der Waals surface area contributed by atoms with Gasteiger partial charge in [-0.3, -0.25) is 0 Å². The van der Waals surface area contributed by atoms with Gasteiger partial charge in [-0.1, -0.05) is 68.5 Å². The second-order valence-corrected chi connectivity index (χ2v) is 5.11. The second-order valence-electron chi connectivity index (χ2n) is 5.11. The highest BCUT2D eigenvalue weighted by Crippen LogP contribution is 2.32. The van der Waals surface area contributed by atoms with Gasteiger partial charge in [0.2, 0.25) is 0 Å². The molecule has 0 spiro atoms. The summed E-state index contributed by atoms with van der Waals surface area (Å²) in [5.74, 6) is 0.591. The molecule has 3 rings (SSSR count). The lowest BCUT2D eigenvalue weighted by Gasteiger charge is -2.10. The molecule has 18 heavy (non-hydrogen) atoms. The van der Waals surface area contributed by atoms with Crippen molar-refractivity contribution in [3.63, 3.8) is 0 Å². The first-order valence-corrected chi connectivity index (χ1v) is 6.50. The number of hydrogen-bond acceptors (Lipinski definition) is 0. The topological polar surface area (TPSA) is 0 Å². The van der Waals surface area contributed by atoms with Gasteiger partial charge in [0.15, 0.2) is 0 Å². The Morgan fingerprint density at radius 1 is 0.889 bits per heavy atom. The van der Waals surface area contributed by atoms with E-state index in [1.165, 1.54) is 27.8 Å². The summed E-state index contributed by atoms with van der Waals surface area (Å²) in [6.45, 7) is 4.46. The Hall–Kier alpha value is -1.82. The molecule has 1 radical (unpaired) electrons. The Kier molecular flexibility index (Phi) is 2.79. The molecular formula is C18H17. The van der Waals surface area contributed by atoms with Crippen LogP contribution in [0.15, 0.2) is 48.5 Å². The molecule has 0 saturated heterocycles. The van der Waals surface area contributed by atoms with Crippen LogP contribution in [0.1, 0.15) is 36.5 Å². The molecule has 0 fully saturated rings. The summed E-state index contributed by atoms with van der Waals surface area (Å²) in [5, 5.41) is 0. The average Bonchev–Trinajstić information content (AvgIpc) is 2.87. The average molecular weight is 233 g/mol. The van der Waals surface area contributed by atoms with Gasteiger partial charge in [0.25, 0.3) is 0 Å². The molecule has 0 nitrogen and oxygen atoms in total. The van der Waals surface area contributed by atoms with E-state index < -0.39 is 0 Å². The van der Waals surface area contributed by atoms with E-state index in [2.05, 4.69) is 74.9 Å². The lowest BCUT2D eigenvalue weighted by atomic mass is 9.94. The maximum absolute atomic E-state index is 2.24. The summed E-state index contributed by atoms with van der Waals surface area (Å²) in [6, 6.07) is 15.4. The zero-order valence-corrected chi connectivity index (χ0v) is 10.9. The lowest BCUT2D eigenvalue weighted by molar-refractivity contribution is 0.867. The maximum Gasteiger partial charge on any atom is 0.0131 e. The molecule has 0 heterocycles. The van der Waals surface area contributed by atoms with E-state index in [4.69, 9.17) is 0 Å². The quantitative estimate of drug-likeness (QED) is 0.680. The van der Waals surface area contributed by atoms with Crippen LogP contribution in [-0.4, -0.2) is 0 Å². The first-order chi connectivity index (χ1) is 8.75. The van der Waals surface area contributed by atoms with E-state index in [1.807, 2.05) is 0 Å². The number of benzene rings is 2. The molecular weight excluding hydrogens is 216 g/mol. The van der Waals surface area contributed by atoms with Crippen molar-refractivity contribution in [3.05, 3.63) is 71.7 Å². The van der Waals surface area contributed by atoms with Crippen LogP contribution in [-0.2, 0) is 0 Å². The van der Waals surface area contributed by atoms with Crippen molar-refractivity contribution in [1.82, 2.24) is 0 Å². The van der Waals surface area contributed by atoms with Gasteiger partial charge in [-0.05, 0) is 33.7 Å². The lowest BCUT2D eigenvalue weighted by Crippen LogP contribution is -1.89. The summed E-state index contributed by atoms with van der Waals surface area (Å²) in [4.78, 5) is 0. The molecule has 1 aliphatic rings. The van der Waals surface area contributed by atoms with Gasteiger partial charge in [0.05, 0.1) is 0 Å². The molecule has 0 aliphatic heterocycles. The maximum atomic E-state index is 2.24. The van der Waals surface area contributed by atoms with E-state index >= 15 is 0 Å². The van der Waals surface area contributed by atoms with Crippen LogP contribution in [0.2, 0.25) is 0 Å². The molecule has 0 N–H and O–H groups in total. The molecule has 2 aromatic rings. The van der Waals surface area contributed by atoms with Crippen molar-refractivity contribution < 1.29 is 0 Å². The van der Waals surface area contributed by atoms with Crippen molar-refractivity contribution in [2.24, 2.45) is 0 Å². The highest BCUT2D eigenvalue weighted by Gasteiger charge is 2.11. The molecule has 89 valence electrons. The standard InChI is InChI=1S/C18H17/c1-13(2)14-9-11-16(12-10-14)18-8-4-6-15-5-3-7-17(15)18/h3-13H,1-2H3. The van der Waals surface area contributed by atoms with Crippen molar-refractivity contribution >= 4 is 6.08 Å². The van der Waals surface area contributed by atoms with Crippen LogP contribution >= 0.6 is 0 Å². The first-order valence-electron chi connectivity index (χ1n) is 6.50. The smallest absolute Gasteiger partial charge is 0.0131 e. The van der Waals surface area contributed by atoms with Gasteiger partial charge in [0.1, 0.15) is 0 Å². The Morgan fingerprint density at radius 2 is 1.67 bits per heavy atom. The Balaban J connectivity index is 2.05. The highest BCUT2D eigenvalue weighted by atomic mass is 14.1. The Labute approximate surface area is 109 Å². The second kappa shape index (κ2) is 4.45. The number of rotatable bonds is 2. The van der Waals surface area contributed by atoms with Crippen LogP contribution in [0.3, 0.4) is 0 Å². The third kappa shape index (κ3) is 1.88. The van der Waals surface area contributed by atoms with Crippen molar-refractivity contribution in [3.8, 4) is 11.1 Å². The molecule has 0 unspecified atom stereocenters. The molecule has 0 aromatic heterocycles. The largest absolute Gasteiger partial charge is 0.0754 e. The minimum Gasteiger partial charge on any atom is -0.0754 e. The summed E-state index contributed by atoms with van der Waals surface area (Å²) in [5.41, 5.74) is 6.69.